The van der Waals surface area contributed by atoms with Crippen LogP contribution in [-0.2, 0) is 20.5 Å². The summed E-state index contributed by atoms with van der Waals surface area (Å²) in [4.78, 5) is 48.7. The van der Waals surface area contributed by atoms with Gasteiger partial charge in [0.2, 0.25) is 5.60 Å². The summed E-state index contributed by atoms with van der Waals surface area (Å²) in [6.45, 7) is 1.40. The van der Waals surface area contributed by atoms with E-state index in [1.54, 1.807) is 0 Å². The largest absolute Gasteiger partial charge is 0.479 e. The number of halogens is 5. The van der Waals surface area contributed by atoms with E-state index in [1.165, 1.54) is 6.07 Å². The minimum absolute atomic E-state index is 0.0845. The molecule has 0 spiro atoms. The van der Waals surface area contributed by atoms with E-state index in [4.69, 9.17) is 15.8 Å². The van der Waals surface area contributed by atoms with E-state index >= 15 is 4.39 Å². The van der Waals surface area contributed by atoms with Crippen molar-refractivity contribution in [2.45, 2.75) is 29.9 Å². The molecule has 0 saturated heterocycles. The molecule has 0 fully saturated rings. The van der Waals surface area contributed by atoms with Gasteiger partial charge in [-0.2, -0.15) is 18.4 Å². The first-order valence-corrected chi connectivity index (χ1v) is 9.61. The number of nitrogens with two attached hydrogens (primary N) is 1. The number of nitriles is 1. The van der Waals surface area contributed by atoms with Crippen molar-refractivity contribution in [1.29, 1.82) is 5.26 Å². The van der Waals surface area contributed by atoms with Crippen LogP contribution in [0.25, 0.3) is 5.70 Å². The molecule has 3 N–H and O–H groups in total. The van der Waals surface area contributed by atoms with Crippen LogP contribution < -0.4 is 17.1 Å². The van der Waals surface area contributed by atoms with E-state index in [0.29, 0.717) is 6.08 Å². The number of alkyl halides is 4. The van der Waals surface area contributed by atoms with Crippen molar-refractivity contribution in [1.82, 2.24) is 9.24 Å². The van der Waals surface area contributed by atoms with Crippen LogP contribution in [0.2, 0.25) is 0 Å². The standard InChI is InChI=1S/C18H15BrF4N4O6/c1-8(7-28)12-13(20)9(6-17(14(30)31,16(12,2)19)33-4-3-24)26-11(29)5-10(18(21,22)23)27(25)15(26)32/h5-8H,4,25H2,1-2H3,(H,30,31). The molecule has 1 heterocycles. The number of allylic oxidation sites excluding steroid dienone is 2. The van der Waals surface area contributed by atoms with Gasteiger partial charge in [0.15, 0.2) is 5.69 Å². The summed E-state index contributed by atoms with van der Waals surface area (Å²) in [7, 11) is 0. The maximum absolute atomic E-state index is 15.6. The van der Waals surface area contributed by atoms with Crippen molar-refractivity contribution in [3.63, 3.8) is 0 Å². The molecule has 178 valence electrons. The Morgan fingerprint density at radius 2 is 2.03 bits per heavy atom. The zero-order valence-corrected chi connectivity index (χ0v) is 18.4. The Labute approximate surface area is 190 Å². The van der Waals surface area contributed by atoms with Crippen molar-refractivity contribution in [3.8, 4) is 6.07 Å². The van der Waals surface area contributed by atoms with Gasteiger partial charge in [-0.15, -0.1) is 0 Å². The average molecular weight is 539 g/mol. The predicted molar refractivity (Wildman–Crippen MR) is 107 cm³/mol. The highest BCUT2D eigenvalue weighted by atomic mass is 79.9. The molecule has 0 bridgehead atoms. The molecule has 0 aliphatic heterocycles. The second-order valence-corrected chi connectivity index (χ2v) is 8.61. The summed E-state index contributed by atoms with van der Waals surface area (Å²) in [6.07, 6.45) is -4.54. The number of rotatable bonds is 6. The fourth-order valence-electron chi connectivity index (χ4n) is 3.44. The highest BCUT2D eigenvalue weighted by Gasteiger charge is 2.60. The highest BCUT2D eigenvalue weighted by Crippen LogP contribution is 2.51. The summed E-state index contributed by atoms with van der Waals surface area (Å²) in [5, 5.41) is 18.8. The van der Waals surface area contributed by atoms with E-state index in [0.717, 1.165) is 13.8 Å². The van der Waals surface area contributed by atoms with Crippen molar-refractivity contribution in [2.24, 2.45) is 5.92 Å². The minimum Gasteiger partial charge on any atom is -0.479 e. The molecule has 15 heteroatoms. The van der Waals surface area contributed by atoms with Crippen molar-refractivity contribution in [2.75, 3.05) is 12.4 Å². The summed E-state index contributed by atoms with van der Waals surface area (Å²) in [5.74, 6) is 0.526. The number of hydrogen-bond acceptors (Lipinski definition) is 7. The fourth-order valence-corrected chi connectivity index (χ4v) is 4.37. The van der Waals surface area contributed by atoms with E-state index in [2.05, 4.69) is 15.9 Å². The number of carbonyl (C=O) groups is 2. The number of nitrogen functional groups attached to an aromatic ring is 1. The van der Waals surface area contributed by atoms with Gasteiger partial charge in [0.05, 0.1) is 16.1 Å². The van der Waals surface area contributed by atoms with Crippen LogP contribution in [0.4, 0.5) is 17.6 Å². The van der Waals surface area contributed by atoms with Gasteiger partial charge in [0, 0.05) is 12.0 Å². The van der Waals surface area contributed by atoms with Crippen LogP contribution in [-0.4, -0.2) is 43.1 Å². The van der Waals surface area contributed by atoms with Gasteiger partial charge in [-0.05, 0) is 18.6 Å². The van der Waals surface area contributed by atoms with Crippen molar-refractivity contribution < 1.29 is 37.0 Å². The molecule has 1 aromatic rings. The lowest BCUT2D eigenvalue weighted by Crippen LogP contribution is -2.59. The molecule has 2 rings (SSSR count). The predicted octanol–water partition coefficient (Wildman–Crippen LogP) is 1.17. The van der Waals surface area contributed by atoms with E-state index in [-0.39, 0.29) is 16.9 Å². The third kappa shape index (κ3) is 4.00. The molecule has 1 aliphatic rings. The monoisotopic (exact) mass is 538 g/mol. The van der Waals surface area contributed by atoms with E-state index < -0.39 is 73.3 Å². The fraction of sp³-hybridized carbons (Fsp3) is 0.389. The average Bonchev–Trinajstić information content (AvgIpc) is 2.70. The molecular formula is C18H15BrF4N4O6. The molecule has 10 nitrogen and oxygen atoms in total. The van der Waals surface area contributed by atoms with Gasteiger partial charge in [-0.25, -0.2) is 23.2 Å². The molecule has 1 aromatic heterocycles. The van der Waals surface area contributed by atoms with Gasteiger partial charge >= 0.3 is 17.8 Å². The first kappa shape index (κ1) is 26.0. The number of aliphatic carboxylic acids is 1. The number of aromatic nitrogens is 2. The normalized spacial score (nSPS) is 24.1. The van der Waals surface area contributed by atoms with Crippen LogP contribution in [0.5, 0.6) is 0 Å². The molecular weight excluding hydrogens is 524 g/mol. The third-order valence-corrected chi connectivity index (χ3v) is 6.03. The Kier molecular flexibility index (Phi) is 6.77. The third-order valence-electron chi connectivity index (χ3n) is 5.02. The number of hydrogen-bond donors (Lipinski definition) is 2. The first-order valence-electron chi connectivity index (χ1n) is 8.82. The zero-order chi connectivity index (χ0) is 25.5. The molecule has 3 unspecified atom stereocenters. The van der Waals surface area contributed by atoms with Crippen molar-refractivity contribution >= 4 is 33.9 Å². The highest BCUT2D eigenvalue weighted by molar-refractivity contribution is 9.10. The lowest BCUT2D eigenvalue weighted by atomic mass is 9.73. The van der Waals surface area contributed by atoms with Gasteiger partial charge in [0.25, 0.3) is 5.56 Å². The summed E-state index contributed by atoms with van der Waals surface area (Å²) < 4.78 is 57.4. The number of carbonyl (C=O) groups excluding carboxylic acids is 1. The Hall–Kier alpha value is -3.25. The molecule has 0 saturated carbocycles. The van der Waals surface area contributed by atoms with E-state index in [9.17, 15) is 37.5 Å². The van der Waals surface area contributed by atoms with Crippen LogP contribution in [0.3, 0.4) is 0 Å². The number of aldehydes is 1. The second-order valence-electron chi connectivity index (χ2n) is 7.03. The number of carboxylic acids is 1. The Bertz CT molecular complexity index is 1240. The quantitative estimate of drug-likeness (QED) is 0.236. The van der Waals surface area contributed by atoms with Crippen LogP contribution in [0.15, 0.2) is 33.1 Å². The Morgan fingerprint density at radius 3 is 2.48 bits per heavy atom. The number of nitrogens with zero attached hydrogens (tertiary/aromatic N) is 3. The van der Waals surface area contributed by atoms with Crippen LogP contribution >= 0.6 is 15.9 Å². The van der Waals surface area contributed by atoms with Gasteiger partial charge in [-0.3, -0.25) is 4.79 Å². The summed E-state index contributed by atoms with van der Waals surface area (Å²) in [6, 6.07) is 1.43. The van der Waals surface area contributed by atoms with Gasteiger partial charge in [-0.1, -0.05) is 22.9 Å². The first-order chi connectivity index (χ1) is 15.1. The smallest absolute Gasteiger partial charge is 0.433 e. The molecule has 3 atom stereocenters. The molecule has 33 heavy (non-hydrogen) atoms. The Morgan fingerprint density at radius 1 is 1.45 bits per heavy atom. The maximum Gasteiger partial charge on any atom is 0.433 e. The lowest BCUT2D eigenvalue weighted by molar-refractivity contribution is -0.160. The number of ether oxygens (including phenoxy) is 1. The molecule has 0 aromatic carbocycles. The second kappa shape index (κ2) is 8.60. The van der Waals surface area contributed by atoms with E-state index in [1.807, 2.05) is 0 Å². The molecule has 1 aliphatic carbocycles. The van der Waals surface area contributed by atoms with Crippen LogP contribution in [0, 0.1) is 17.2 Å². The topological polar surface area (TPSA) is 157 Å². The molecule has 0 amide bonds. The van der Waals surface area contributed by atoms with Crippen molar-refractivity contribution in [3.05, 3.63) is 50.1 Å². The summed E-state index contributed by atoms with van der Waals surface area (Å²) in [5.41, 5.74) is -9.80. The van der Waals surface area contributed by atoms with Gasteiger partial charge < -0.3 is 20.5 Å². The van der Waals surface area contributed by atoms with Crippen LogP contribution in [0.1, 0.15) is 19.5 Å². The lowest BCUT2D eigenvalue weighted by Gasteiger charge is -2.44. The molecule has 0 radical (unpaired) electrons. The van der Waals surface area contributed by atoms with Gasteiger partial charge in [0.1, 0.15) is 18.7 Å². The number of carboxylic acid groups (broad SMARTS) is 1. The minimum atomic E-state index is -5.21. The Balaban J connectivity index is 3.08. The zero-order valence-electron chi connectivity index (χ0n) is 16.8. The summed E-state index contributed by atoms with van der Waals surface area (Å²) >= 11 is 3.02. The SMILES string of the molecule is CC(C=O)C1=C(F)C(n2c(=O)cc(C(F)(F)F)n(N)c2=O)=CC(OCC#N)(C(=O)O)C1(C)Br. The maximum atomic E-state index is 15.6.